The predicted octanol–water partition coefficient (Wildman–Crippen LogP) is 0.974. The Morgan fingerprint density at radius 1 is 1.22 bits per heavy atom. The summed E-state index contributed by atoms with van der Waals surface area (Å²) in [7, 11) is 0. The Kier molecular flexibility index (Phi) is 3.70. The Hall–Kier alpha value is 0.529. The van der Waals surface area contributed by atoms with Crippen LogP contribution in [0.25, 0.3) is 0 Å². The van der Waals surface area contributed by atoms with Crippen LogP contribution < -0.4 is 0 Å². The summed E-state index contributed by atoms with van der Waals surface area (Å²) < 4.78 is 1.28. The fourth-order valence-electron chi connectivity index (χ4n) is 0.642. The van der Waals surface area contributed by atoms with E-state index in [9.17, 15) is 0 Å². The van der Waals surface area contributed by atoms with Crippen molar-refractivity contribution < 1.29 is 0 Å². The molecule has 0 aliphatic heterocycles. The fourth-order valence-corrected chi connectivity index (χ4v) is 3.50. The van der Waals surface area contributed by atoms with Gasteiger partial charge < -0.3 is 0 Å². The molecule has 1 aromatic carbocycles. The molecule has 0 saturated heterocycles. The van der Waals surface area contributed by atoms with E-state index in [2.05, 4.69) is 43.2 Å². The van der Waals surface area contributed by atoms with Gasteiger partial charge in [-0.1, -0.05) is 0 Å². The SMILES string of the molecule is [Se][Te]Cc1ccccc1. The van der Waals surface area contributed by atoms with Gasteiger partial charge in [0.2, 0.25) is 0 Å². The molecule has 0 spiro atoms. The summed E-state index contributed by atoms with van der Waals surface area (Å²) in [6, 6.07) is 10.6. The van der Waals surface area contributed by atoms with Gasteiger partial charge in [-0.05, 0) is 0 Å². The summed E-state index contributed by atoms with van der Waals surface area (Å²) in [5.74, 6) is 0. The average Bonchev–Trinajstić information content (AvgIpc) is 1.91. The van der Waals surface area contributed by atoms with E-state index in [-0.39, 0.29) is 18.7 Å². The van der Waals surface area contributed by atoms with Gasteiger partial charge in [0.25, 0.3) is 0 Å². The Bertz CT molecular complexity index is 162. The van der Waals surface area contributed by atoms with Crippen LogP contribution in [-0.4, -0.2) is 31.5 Å². The van der Waals surface area contributed by atoms with Gasteiger partial charge in [0, 0.05) is 0 Å². The Morgan fingerprint density at radius 3 is 2.44 bits per heavy atom. The van der Waals surface area contributed by atoms with E-state index < -0.39 is 0 Å². The summed E-state index contributed by atoms with van der Waals surface area (Å²) in [6.45, 7) is 0. The molecule has 1 aromatic rings. The quantitative estimate of drug-likeness (QED) is 0.714. The molecule has 0 N–H and O–H groups in total. The van der Waals surface area contributed by atoms with Crippen molar-refractivity contribution in [2.24, 2.45) is 0 Å². The van der Waals surface area contributed by atoms with Gasteiger partial charge in [-0.25, -0.2) is 0 Å². The van der Waals surface area contributed by atoms with Gasteiger partial charge in [0.1, 0.15) is 0 Å². The first-order valence-electron chi connectivity index (χ1n) is 2.72. The van der Waals surface area contributed by atoms with Gasteiger partial charge in [-0.3, -0.25) is 0 Å². The van der Waals surface area contributed by atoms with Gasteiger partial charge in [-0.15, -0.1) is 0 Å². The number of hydrogen-bond donors (Lipinski definition) is 0. The van der Waals surface area contributed by atoms with Crippen molar-refractivity contribution in [3.63, 3.8) is 0 Å². The molecule has 0 aliphatic rings. The summed E-state index contributed by atoms with van der Waals surface area (Å²) in [6.07, 6.45) is 0. The first-order valence-corrected chi connectivity index (χ1v) is 10.0. The van der Waals surface area contributed by atoms with Crippen LogP contribution >= 0.6 is 0 Å². The minimum atomic E-state index is 0.156. The molecular formula is C7H7SeTe. The van der Waals surface area contributed by atoms with Crippen LogP contribution in [0.1, 0.15) is 5.56 Å². The van der Waals surface area contributed by atoms with Crippen LogP contribution in [0.5, 0.6) is 0 Å². The summed E-state index contributed by atoms with van der Waals surface area (Å²) >= 11 is 3.28. The van der Waals surface area contributed by atoms with Crippen LogP contribution in [0, 0.1) is 0 Å². The monoisotopic (exact) mass is 301 g/mol. The van der Waals surface area contributed by atoms with Crippen LogP contribution in [0.3, 0.4) is 0 Å². The normalized spacial score (nSPS) is 9.44. The van der Waals surface area contributed by atoms with Crippen molar-refractivity contribution in [3.8, 4) is 0 Å². The van der Waals surface area contributed by atoms with E-state index in [1.807, 2.05) is 0 Å². The molecule has 47 valence electrons. The summed E-state index contributed by atoms with van der Waals surface area (Å²) in [5, 5.41) is 0. The molecule has 0 amide bonds. The Balaban J connectivity index is 2.61. The van der Waals surface area contributed by atoms with E-state index >= 15 is 0 Å². The van der Waals surface area contributed by atoms with Crippen LogP contribution in [-0.2, 0) is 4.47 Å². The zero-order chi connectivity index (χ0) is 6.53. The molecule has 0 unspecified atom stereocenters. The van der Waals surface area contributed by atoms with Crippen LogP contribution in [0.4, 0.5) is 0 Å². The molecule has 0 nitrogen and oxygen atoms in total. The third-order valence-electron chi connectivity index (χ3n) is 1.07. The van der Waals surface area contributed by atoms with Crippen molar-refractivity contribution in [3.05, 3.63) is 35.9 Å². The fraction of sp³-hybridized carbons (Fsp3) is 0.143. The topological polar surface area (TPSA) is 0 Å². The van der Waals surface area contributed by atoms with Gasteiger partial charge in [0.15, 0.2) is 0 Å². The molecule has 0 aromatic heterocycles. The molecule has 2 heteroatoms. The van der Waals surface area contributed by atoms with Gasteiger partial charge >= 0.3 is 71.9 Å². The Labute approximate surface area is 71.6 Å². The molecule has 1 rings (SSSR count). The maximum absolute atomic E-state index is 3.12. The van der Waals surface area contributed by atoms with Crippen LogP contribution in [0.2, 0.25) is 0 Å². The maximum atomic E-state index is 3.12. The van der Waals surface area contributed by atoms with Crippen LogP contribution in [0.15, 0.2) is 30.3 Å². The molecule has 0 bridgehead atoms. The number of rotatable bonds is 2. The minimum absolute atomic E-state index is 0.156. The van der Waals surface area contributed by atoms with Gasteiger partial charge in [0.05, 0.1) is 0 Å². The van der Waals surface area contributed by atoms with Crippen molar-refractivity contribution >= 4 is 31.5 Å². The van der Waals surface area contributed by atoms with E-state index in [4.69, 9.17) is 0 Å². The molecule has 0 saturated carbocycles. The van der Waals surface area contributed by atoms with Gasteiger partial charge in [-0.2, -0.15) is 0 Å². The molecule has 0 aliphatic carbocycles. The van der Waals surface area contributed by atoms with Crippen molar-refractivity contribution in [2.45, 2.75) is 4.47 Å². The van der Waals surface area contributed by atoms with E-state index in [1.54, 1.807) is 0 Å². The molecule has 1 radical (unpaired) electrons. The second kappa shape index (κ2) is 4.36. The third kappa shape index (κ3) is 2.74. The zero-order valence-electron chi connectivity index (χ0n) is 4.91. The molecular weight excluding hydrogens is 291 g/mol. The molecule has 0 fully saturated rings. The first kappa shape index (κ1) is 7.63. The van der Waals surface area contributed by atoms with E-state index in [0.29, 0.717) is 0 Å². The summed E-state index contributed by atoms with van der Waals surface area (Å²) in [5.41, 5.74) is 1.47. The standard InChI is InChI=1S/C7H7SeTe/c8-9-6-7-4-2-1-3-5-7/h1-5H,6H2. The molecule has 0 atom stereocenters. The van der Waals surface area contributed by atoms with E-state index in [0.717, 1.165) is 0 Å². The van der Waals surface area contributed by atoms with Crippen molar-refractivity contribution in [2.75, 3.05) is 0 Å². The Morgan fingerprint density at radius 2 is 1.89 bits per heavy atom. The predicted molar refractivity (Wildman–Crippen MR) is 41.7 cm³/mol. The third-order valence-corrected chi connectivity index (χ3v) is 4.01. The first-order chi connectivity index (χ1) is 4.43. The molecule has 0 heterocycles. The second-order valence-electron chi connectivity index (χ2n) is 1.75. The van der Waals surface area contributed by atoms with Crippen molar-refractivity contribution in [1.29, 1.82) is 0 Å². The van der Waals surface area contributed by atoms with E-state index in [1.165, 1.54) is 10.0 Å². The average molecular weight is 298 g/mol. The molecule has 9 heavy (non-hydrogen) atoms. The summed E-state index contributed by atoms with van der Waals surface area (Å²) in [4.78, 5) is 0. The number of benzene rings is 1. The zero-order valence-corrected chi connectivity index (χ0v) is 8.95. The second-order valence-corrected chi connectivity index (χ2v) is 6.56. The number of hydrogen-bond acceptors (Lipinski definition) is 0. The van der Waals surface area contributed by atoms with Crippen molar-refractivity contribution in [1.82, 2.24) is 0 Å².